The van der Waals surface area contributed by atoms with Gasteiger partial charge in [0.25, 0.3) is 0 Å². The van der Waals surface area contributed by atoms with Gasteiger partial charge in [0.2, 0.25) is 12.2 Å². The average Bonchev–Trinajstić information content (AvgIpc) is 2.47. The summed E-state index contributed by atoms with van der Waals surface area (Å²) < 4.78 is 0. The van der Waals surface area contributed by atoms with E-state index in [-0.39, 0.29) is 0 Å². The maximum atomic E-state index is 10.4. The number of nitrogens with zero attached hydrogens (tertiary/aromatic N) is 2. The summed E-state index contributed by atoms with van der Waals surface area (Å²) in [7, 11) is 0. The third kappa shape index (κ3) is 12.2. The SMILES string of the molecule is CCCCCCCC(CCCCC)CC(N=C=O)N=C=O. The number of aliphatic imine (C=N–C) groups is 2. The summed E-state index contributed by atoms with van der Waals surface area (Å²) in [6.45, 7) is 4.41. The van der Waals surface area contributed by atoms with Gasteiger partial charge in [-0.1, -0.05) is 78.1 Å². The van der Waals surface area contributed by atoms with Crippen LogP contribution in [-0.2, 0) is 9.59 Å². The Morgan fingerprint density at radius 1 is 0.762 bits per heavy atom. The lowest BCUT2D eigenvalue weighted by atomic mass is 9.91. The van der Waals surface area contributed by atoms with Gasteiger partial charge >= 0.3 is 0 Å². The van der Waals surface area contributed by atoms with Crippen molar-refractivity contribution in [1.29, 1.82) is 0 Å². The zero-order valence-electron chi connectivity index (χ0n) is 13.6. The van der Waals surface area contributed by atoms with Gasteiger partial charge in [0.05, 0.1) is 0 Å². The monoisotopic (exact) mass is 294 g/mol. The van der Waals surface area contributed by atoms with Gasteiger partial charge in [-0.15, -0.1) is 0 Å². The lowest BCUT2D eigenvalue weighted by molar-refractivity contribution is 0.358. The van der Waals surface area contributed by atoms with Crippen LogP contribution in [-0.4, -0.2) is 18.3 Å². The van der Waals surface area contributed by atoms with Crippen LogP contribution >= 0.6 is 0 Å². The Hall–Kier alpha value is -1.24. The molecule has 4 nitrogen and oxygen atoms in total. The van der Waals surface area contributed by atoms with E-state index in [0.717, 1.165) is 12.8 Å². The number of rotatable bonds is 14. The Bertz CT molecular complexity index is 314. The first-order valence-corrected chi connectivity index (χ1v) is 8.42. The summed E-state index contributed by atoms with van der Waals surface area (Å²) in [4.78, 5) is 28.0. The molecular formula is C17H30N2O2. The van der Waals surface area contributed by atoms with Gasteiger partial charge in [-0.3, -0.25) is 0 Å². The maximum Gasteiger partial charge on any atom is 0.237 e. The van der Waals surface area contributed by atoms with Crippen LogP contribution in [0.2, 0.25) is 0 Å². The zero-order valence-corrected chi connectivity index (χ0v) is 13.6. The number of hydrogen-bond acceptors (Lipinski definition) is 4. The first kappa shape index (κ1) is 19.8. The van der Waals surface area contributed by atoms with Crippen molar-refractivity contribution in [2.45, 2.75) is 90.6 Å². The van der Waals surface area contributed by atoms with E-state index in [1.165, 1.54) is 63.5 Å². The highest BCUT2D eigenvalue weighted by atomic mass is 16.1. The van der Waals surface area contributed by atoms with Crippen molar-refractivity contribution >= 4 is 12.2 Å². The molecule has 1 unspecified atom stereocenters. The number of carbonyl (C=O) groups excluding carboxylic acids is 2. The molecule has 0 radical (unpaired) electrons. The van der Waals surface area contributed by atoms with Crippen LogP contribution in [0.4, 0.5) is 0 Å². The van der Waals surface area contributed by atoms with Crippen molar-refractivity contribution in [2.75, 3.05) is 0 Å². The van der Waals surface area contributed by atoms with Crippen LogP contribution in [0.1, 0.15) is 84.5 Å². The molecule has 0 saturated heterocycles. The molecule has 0 amide bonds. The Labute approximate surface area is 129 Å². The first-order valence-electron chi connectivity index (χ1n) is 8.42. The van der Waals surface area contributed by atoms with Gasteiger partial charge in [0.15, 0.2) is 6.17 Å². The van der Waals surface area contributed by atoms with Crippen molar-refractivity contribution in [3.8, 4) is 0 Å². The highest BCUT2D eigenvalue weighted by Gasteiger charge is 2.15. The van der Waals surface area contributed by atoms with Crippen LogP contribution in [0.5, 0.6) is 0 Å². The van der Waals surface area contributed by atoms with E-state index in [9.17, 15) is 9.59 Å². The Morgan fingerprint density at radius 3 is 1.76 bits per heavy atom. The van der Waals surface area contributed by atoms with E-state index in [1.54, 1.807) is 0 Å². The molecular weight excluding hydrogens is 264 g/mol. The third-order valence-corrected chi connectivity index (χ3v) is 3.88. The van der Waals surface area contributed by atoms with E-state index in [2.05, 4.69) is 23.8 Å². The van der Waals surface area contributed by atoms with Crippen molar-refractivity contribution in [1.82, 2.24) is 0 Å². The van der Waals surface area contributed by atoms with Crippen LogP contribution in [0.15, 0.2) is 9.98 Å². The smallest absolute Gasteiger partial charge is 0.211 e. The number of hydrogen-bond donors (Lipinski definition) is 0. The maximum absolute atomic E-state index is 10.4. The fraction of sp³-hybridized carbons (Fsp3) is 0.882. The molecule has 0 bridgehead atoms. The van der Waals surface area contributed by atoms with Gasteiger partial charge in [-0.05, 0) is 12.3 Å². The zero-order chi connectivity index (χ0) is 15.8. The molecule has 1 atom stereocenters. The molecule has 0 aromatic rings. The minimum Gasteiger partial charge on any atom is -0.211 e. The Morgan fingerprint density at radius 2 is 1.24 bits per heavy atom. The van der Waals surface area contributed by atoms with E-state index in [4.69, 9.17) is 0 Å². The van der Waals surface area contributed by atoms with Crippen molar-refractivity contribution < 1.29 is 9.59 Å². The molecule has 0 aliphatic carbocycles. The largest absolute Gasteiger partial charge is 0.237 e. The van der Waals surface area contributed by atoms with Gasteiger partial charge in [-0.2, -0.15) is 9.98 Å². The predicted octanol–water partition coefficient (Wildman–Crippen LogP) is 4.93. The van der Waals surface area contributed by atoms with Crippen LogP contribution < -0.4 is 0 Å². The summed E-state index contributed by atoms with van der Waals surface area (Å²) >= 11 is 0. The molecule has 0 aliphatic heterocycles. The molecule has 0 aromatic carbocycles. The van der Waals surface area contributed by atoms with E-state index >= 15 is 0 Å². The molecule has 0 heterocycles. The molecule has 0 rings (SSSR count). The molecule has 0 N–H and O–H groups in total. The number of unbranched alkanes of at least 4 members (excludes halogenated alkanes) is 6. The molecule has 120 valence electrons. The van der Waals surface area contributed by atoms with Crippen LogP contribution in [0.25, 0.3) is 0 Å². The highest BCUT2D eigenvalue weighted by molar-refractivity contribution is 5.36. The van der Waals surface area contributed by atoms with E-state index in [0.29, 0.717) is 12.3 Å². The molecule has 0 fully saturated rings. The normalized spacial score (nSPS) is 13.0. The minimum atomic E-state index is -0.581. The fourth-order valence-electron chi connectivity index (χ4n) is 2.65. The average molecular weight is 294 g/mol. The van der Waals surface area contributed by atoms with Crippen molar-refractivity contribution in [3.63, 3.8) is 0 Å². The molecule has 4 heteroatoms. The predicted molar refractivity (Wildman–Crippen MR) is 85.7 cm³/mol. The van der Waals surface area contributed by atoms with Crippen molar-refractivity contribution in [2.24, 2.45) is 15.9 Å². The summed E-state index contributed by atoms with van der Waals surface area (Å²) in [5, 5.41) is 0. The van der Waals surface area contributed by atoms with Crippen LogP contribution in [0.3, 0.4) is 0 Å². The Balaban J connectivity index is 4.27. The van der Waals surface area contributed by atoms with E-state index in [1.807, 2.05) is 0 Å². The standard InChI is InChI=1S/C17H30N2O2/c1-3-5-7-8-10-12-16(11-9-6-4-2)13-17(18-14-20)19-15-21/h16-17H,3-13H2,1-2H3. The second-order valence-electron chi connectivity index (χ2n) is 5.72. The lowest BCUT2D eigenvalue weighted by Crippen LogP contribution is -2.10. The highest BCUT2D eigenvalue weighted by Crippen LogP contribution is 2.24. The number of isocyanates is 2. The van der Waals surface area contributed by atoms with Crippen molar-refractivity contribution in [3.05, 3.63) is 0 Å². The minimum absolute atomic E-state index is 0.484. The molecule has 0 spiro atoms. The van der Waals surface area contributed by atoms with Gasteiger partial charge in [0.1, 0.15) is 0 Å². The summed E-state index contributed by atoms with van der Waals surface area (Å²) in [5.74, 6) is 0.484. The molecule has 21 heavy (non-hydrogen) atoms. The second kappa shape index (κ2) is 15.2. The quantitative estimate of drug-likeness (QED) is 0.259. The molecule has 0 saturated carbocycles. The topological polar surface area (TPSA) is 58.9 Å². The van der Waals surface area contributed by atoms with Gasteiger partial charge < -0.3 is 0 Å². The summed E-state index contributed by atoms with van der Waals surface area (Å²) in [6, 6.07) is 0. The van der Waals surface area contributed by atoms with Crippen LogP contribution in [0, 0.1) is 5.92 Å². The lowest BCUT2D eigenvalue weighted by Gasteiger charge is -2.18. The summed E-state index contributed by atoms with van der Waals surface area (Å²) in [5.41, 5.74) is 0. The Kier molecular flexibility index (Phi) is 14.3. The summed E-state index contributed by atoms with van der Waals surface area (Å²) in [6.07, 6.45) is 15.3. The second-order valence-corrected chi connectivity index (χ2v) is 5.72. The van der Waals surface area contributed by atoms with E-state index < -0.39 is 6.17 Å². The third-order valence-electron chi connectivity index (χ3n) is 3.88. The molecule has 0 aromatic heterocycles. The molecule has 0 aliphatic rings. The fourth-order valence-corrected chi connectivity index (χ4v) is 2.65. The van der Waals surface area contributed by atoms with Gasteiger partial charge in [0, 0.05) is 0 Å². The first-order chi connectivity index (χ1) is 10.3. The van der Waals surface area contributed by atoms with Gasteiger partial charge in [-0.25, -0.2) is 9.59 Å².